The van der Waals surface area contributed by atoms with E-state index in [0.29, 0.717) is 19.4 Å². The molecule has 1 aliphatic heterocycles. The number of ketones is 2. The molecule has 0 unspecified atom stereocenters. The fraction of sp³-hybridized carbons (Fsp3) is 0.520. The van der Waals surface area contributed by atoms with E-state index in [0.717, 1.165) is 46.7 Å². The van der Waals surface area contributed by atoms with Crippen LogP contribution in [0.2, 0.25) is 0 Å². The van der Waals surface area contributed by atoms with Crippen LogP contribution >= 0.6 is 0 Å². The summed E-state index contributed by atoms with van der Waals surface area (Å²) in [4.78, 5) is 26.7. The van der Waals surface area contributed by atoms with Gasteiger partial charge in [0.15, 0.2) is 11.6 Å². The molecule has 1 heterocycles. The molecule has 154 valence electrons. The molecule has 0 aromatic heterocycles. The van der Waals surface area contributed by atoms with Gasteiger partial charge in [-0.25, -0.2) is 0 Å². The van der Waals surface area contributed by atoms with Gasteiger partial charge >= 0.3 is 0 Å². The number of hydrogen-bond donors (Lipinski definition) is 1. The topological polar surface area (TPSA) is 55.4 Å². The maximum absolute atomic E-state index is 13.3. The molecule has 0 bridgehead atoms. The van der Waals surface area contributed by atoms with Crippen LogP contribution in [0.3, 0.4) is 0 Å². The number of hydrogen-bond acceptors (Lipinski definition) is 4. The number of rotatable bonds is 3. The number of para-hydroxylation sites is 1. The van der Waals surface area contributed by atoms with Crippen molar-refractivity contribution in [1.29, 1.82) is 0 Å². The van der Waals surface area contributed by atoms with Crippen molar-refractivity contribution in [2.75, 3.05) is 6.61 Å². The van der Waals surface area contributed by atoms with Crippen LogP contribution in [0.4, 0.5) is 0 Å². The molecule has 0 atom stereocenters. The second kappa shape index (κ2) is 6.86. The summed E-state index contributed by atoms with van der Waals surface area (Å²) in [5, 5.41) is 3.56. The zero-order valence-electron chi connectivity index (χ0n) is 18.1. The Bertz CT molecular complexity index is 897. The van der Waals surface area contributed by atoms with Crippen LogP contribution in [-0.2, 0) is 9.59 Å². The lowest BCUT2D eigenvalue weighted by Gasteiger charge is -2.44. The normalized spacial score (nSPS) is 23.5. The van der Waals surface area contributed by atoms with Gasteiger partial charge in [-0.2, -0.15) is 0 Å². The van der Waals surface area contributed by atoms with E-state index in [1.807, 2.05) is 31.2 Å². The minimum Gasteiger partial charge on any atom is -0.494 e. The highest BCUT2D eigenvalue weighted by atomic mass is 16.5. The summed E-state index contributed by atoms with van der Waals surface area (Å²) in [5.41, 5.74) is 4.28. The monoisotopic (exact) mass is 393 g/mol. The van der Waals surface area contributed by atoms with Gasteiger partial charge in [-0.3, -0.25) is 9.59 Å². The van der Waals surface area contributed by atoms with Crippen molar-refractivity contribution in [2.24, 2.45) is 10.8 Å². The highest BCUT2D eigenvalue weighted by molar-refractivity contribution is 6.07. The molecule has 3 aliphatic rings. The fourth-order valence-corrected chi connectivity index (χ4v) is 5.21. The van der Waals surface area contributed by atoms with Crippen molar-refractivity contribution in [3.63, 3.8) is 0 Å². The van der Waals surface area contributed by atoms with E-state index >= 15 is 0 Å². The lowest BCUT2D eigenvalue weighted by atomic mass is 9.64. The summed E-state index contributed by atoms with van der Waals surface area (Å²) in [6.45, 7) is 11.1. The Labute approximate surface area is 173 Å². The van der Waals surface area contributed by atoms with E-state index in [2.05, 4.69) is 33.0 Å². The van der Waals surface area contributed by atoms with Crippen LogP contribution < -0.4 is 10.1 Å². The van der Waals surface area contributed by atoms with E-state index in [-0.39, 0.29) is 28.3 Å². The number of carbonyl (C=O) groups excluding carboxylic acids is 2. The molecule has 0 saturated heterocycles. The zero-order valence-corrected chi connectivity index (χ0v) is 18.1. The smallest absolute Gasteiger partial charge is 0.162 e. The summed E-state index contributed by atoms with van der Waals surface area (Å²) in [7, 11) is 0. The molecule has 4 heteroatoms. The summed E-state index contributed by atoms with van der Waals surface area (Å²) in [6, 6.07) is 7.86. The van der Waals surface area contributed by atoms with Gasteiger partial charge in [-0.15, -0.1) is 0 Å². The minimum atomic E-state index is -0.337. The average molecular weight is 394 g/mol. The van der Waals surface area contributed by atoms with Gasteiger partial charge in [-0.05, 0) is 36.7 Å². The maximum Gasteiger partial charge on any atom is 0.162 e. The Balaban J connectivity index is 1.93. The third kappa shape index (κ3) is 3.54. The number of dihydropyridines is 1. The van der Waals surface area contributed by atoms with Crippen molar-refractivity contribution in [3.05, 3.63) is 52.4 Å². The van der Waals surface area contributed by atoms with Crippen molar-refractivity contribution in [1.82, 2.24) is 5.32 Å². The highest BCUT2D eigenvalue weighted by Crippen LogP contribution is 2.52. The van der Waals surface area contributed by atoms with Gasteiger partial charge in [0.1, 0.15) is 5.75 Å². The molecule has 0 saturated carbocycles. The van der Waals surface area contributed by atoms with Crippen LogP contribution in [-0.4, -0.2) is 18.2 Å². The largest absolute Gasteiger partial charge is 0.494 e. The Kier molecular flexibility index (Phi) is 4.71. The van der Waals surface area contributed by atoms with Crippen LogP contribution in [0.15, 0.2) is 46.8 Å². The molecule has 29 heavy (non-hydrogen) atoms. The first-order valence-corrected chi connectivity index (χ1v) is 10.6. The summed E-state index contributed by atoms with van der Waals surface area (Å²) in [6.07, 6.45) is 2.63. The number of ether oxygens (including phenoxy) is 1. The van der Waals surface area contributed by atoms with Crippen LogP contribution in [0.1, 0.15) is 71.8 Å². The lowest BCUT2D eigenvalue weighted by molar-refractivity contribution is -0.119. The first-order chi connectivity index (χ1) is 13.6. The SMILES string of the molecule is CCOc1ccccc1C1C2=C(CC(C)(C)CC2=O)NC2=C1C(=O)CC(C)(C)C2. The number of allylic oxidation sites excluding steroid dienone is 4. The van der Waals surface area contributed by atoms with Gasteiger partial charge in [0.25, 0.3) is 0 Å². The first kappa shape index (κ1) is 19.9. The van der Waals surface area contributed by atoms with E-state index < -0.39 is 0 Å². The van der Waals surface area contributed by atoms with Crippen LogP contribution in [0.5, 0.6) is 5.75 Å². The van der Waals surface area contributed by atoms with E-state index in [9.17, 15) is 9.59 Å². The van der Waals surface area contributed by atoms with Gasteiger partial charge in [0.2, 0.25) is 0 Å². The Morgan fingerprint density at radius 2 is 1.41 bits per heavy atom. The molecule has 1 N–H and O–H groups in total. The van der Waals surface area contributed by atoms with Crippen LogP contribution in [0, 0.1) is 10.8 Å². The summed E-state index contributed by atoms with van der Waals surface area (Å²) in [5.74, 6) is 0.709. The molecule has 0 amide bonds. The number of nitrogens with one attached hydrogen (secondary N) is 1. The average Bonchev–Trinajstić information content (AvgIpc) is 2.58. The molecule has 0 radical (unpaired) electrons. The maximum atomic E-state index is 13.3. The molecule has 1 aromatic carbocycles. The highest BCUT2D eigenvalue weighted by Gasteiger charge is 2.46. The Morgan fingerprint density at radius 3 is 1.93 bits per heavy atom. The fourth-order valence-electron chi connectivity index (χ4n) is 5.21. The molecular weight excluding hydrogens is 362 g/mol. The second-order valence-corrected chi connectivity index (χ2v) is 10.2. The van der Waals surface area contributed by atoms with Crippen molar-refractivity contribution in [3.8, 4) is 5.75 Å². The van der Waals surface area contributed by atoms with Gasteiger partial charge < -0.3 is 10.1 Å². The van der Waals surface area contributed by atoms with E-state index in [1.165, 1.54) is 0 Å². The number of carbonyl (C=O) groups is 2. The first-order valence-electron chi connectivity index (χ1n) is 10.6. The Morgan fingerprint density at radius 1 is 0.897 bits per heavy atom. The molecule has 2 aliphatic carbocycles. The molecular formula is C25H31NO3. The van der Waals surface area contributed by atoms with E-state index in [4.69, 9.17) is 4.74 Å². The molecule has 0 spiro atoms. The predicted molar refractivity (Wildman–Crippen MR) is 114 cm³/mol. The van der Waals surface area contributed by atoms with Gasteiger partial charge in [0.05, 0.1) is 6.61 Å². The molecule has 1 aromatic rings. The van der Waals surface area contributed by atoms with Crippen LogP contribution in [0.25, 0.3) is 0 Å². The third-order valence-electron chi connectivity index (χ3n) is 6.25. The molecule has 0 fully saturated rings. The van der Waals surface area contributed by atoms with Crippen molar-refractivity contribution >= 4 is 11.6 Å². The zero-order chi connectivity index (χ0) is 21.0. The quantitative estimate of drug-likeness (QED) is 0.780. The number of benzene rings is 1. The van der Waals surface area contributed by atoms with Gasteiger partial charge in [-0.1, -0.05) is 45.9 Å². The second-order valence-electron chi connectivity index (χ2n) is 10.2. The summed E-state index contributed by atoms with van der Waals surface area (Å²) < 4.78 is 5.91. The van der Waals surface area contributed by atoms with Crippen molar-refractivity contribution < 1.29 is 14.3 Å². The standard InChI is InChI=1S/C25H31NO3/c1-6-29-20-10-8-7-9-15(20)21-22-16(11-24(2,3)13-18(22)27)26-17-12-25(4,5)14-19(28)23(17)21/h7-10,21,26H,6,11-14H2,1-5H3. The van der Waals surface area contributed by atoms with E-state index in [1.54, 1.807) is 0 Å². The number of Topliss-reactive ketones (excluding diaryl/α,β-unsaturated/α-hetero) is 2. The lowest BCUT2D eigenvalue weighted by Crippen LogP contribution is -2.42. The minimum absolute atomic E-state index is 0.0842. The third-order valence-corrected chi connectivity index (χ3v) is 6.25. The van der Waals surface area contributed by atoms with Gasteiger partial charge in [0, 0.05) is 46.9 Å². The Hall–Kier alpha value is -2.36. The predicted octanol–water partition coefficient (Wildman–Crippen LogP) is 5.06. The molecule has 4 rings (SSSR count). The van der Waals surface area contributed by atoms with Crippen molar-refractivity contribution in [2.45, 2.75) is 66.2 Å². The summed E-state index contributed by atoms with van der Waals surface area (Å²) >= 11 is 0. The molecule has 4 nitrogen and oxygen atoms in total.